The van der Waals surface area contributed by atoms with E-state index >= 15 is 0 Å². The van der Waals surface area contributed by atoms with Gasteiger partial charge in [-0.1, -0.05) is 23.7 Å². The van der Waals surface area contributed by atoms with E-state index in [9.17, 15) is 10.1 Å². The highest BCUT2D eigenvalue weighted by atomic mass is 35.5. The molecule has 2 aromatic carbocycles. The summed E-state index contributed by atoms with van der Waals surface area (Å²) in [6.07, 6.45) is 0. The summed E-state index contributed by atoms with van der Waals surface area (Å²) in [6, 6.07) is 12.1. The van der Waals surface area contributed by atoms with Crippen LogP contribution in [0.25, 0.3) is 0 Å². The van der Waals surface area contributed by atoms with Crippen molar-refractivity contribution in [3.63, 3.8) is 0 Å². The minimum Gasteiger partial charge on any atom is -0.497 e. The molecule has 0 radical (unpaired) electrons. The molecule has 0 aliphatic heterocycles. The van der Waals surface area contributed by atoms with Crippen molar-refractivity contribution in [2.24, 2.45) is 0 Å². The number of nitrogens with zero attached hydrogens (tertiary/aromatic N) is 1. The van der Waals surface area contributed by atoms with E-state index in [1.54, 1.807) is 13.2 Å². The van der Waals surface area contributed by atoms with E-state index in [1.165, 1.54) is 23.9 Å². The summed E-state index contributed by atoms with van der Waals surface area (Å²) in [6.45, 7) is 0. The van der Waals surface area contributed by atoms with E-state index < -0.39 is 4.92 Å². The summed E-state index contributed by atoms with van der Waals surface area (Å²) in [7, 11) is 1.62. The predicted molar refractivity (Wildman–Crippen MR) is 80.7 cm³/mol. The minimum absolute atomic E-state index is 0.0478. The third kappa shape index (κ3) is 3.65. The molecular formula is C14H12ClNO3S. The van der Waals surface area contributed by atoms with Crippen molar-refractivity contribution in [2.75, 3.05) is 7.11 Å². The van der Waals surface area contributed by atoms with Crippen LogP contribution in [0.15, 0.2) is 47.4 Å². The SMILES string of the molecule is COc1ccc(CSc2cc([N+](=O)[O-])ccc2Cl)cc1. The van der Waals surface area contributed by atoms with Crippen molar-refractivity contribution < 1.29 is 9.66 Å². The van der Waals surface area contributed by atoms with Gasteiger partial charge in [-0.3, -0.25) is 10.1 Å². The Balaban J connectivity index is 2.09. The molecule has 0 bridgehead atoms. The number of thioether (sulfide) groups is 1. The fraction of sp³-hybridized carbons (Fsp3) is 0.143. The van der Waals surface area contributed by atoms with Gasteiger partial charge in [0.1, 0.15) is 5.75 Å². The van der Waals surface area contributed by atoms with Crippen LogP contribution < -0.4 is 4.74 Å². The fourth-order valence-corrected chi connectivity index (χ4v) is 2.80. The monoisotopic (exact) mass is 309 g/mol. The number of benzene rings is 2. The number of ether oxygens (including phenoxy) is 1. The topological polar surface area (TPSA) is 52.4 Å². The maximum Gasteiger partial charge on any atom is 0.270 e. The zero-order valence-electron chi connectivity index (χ0n) is 10.7. The number of nitro benzene ring substituents is 1. The maximum atomic E-state index is 10.7. The molecule has 2 aromatic rings. The summed E-state index contributed by atoms with van der Waals surface area (Å²) in [5.41, 5.74) is 1.14. The van der Waals surface area contributed by atoms with Crippen LogP contribution in [0.4, 0.5) is 5.69 Å². The molecule has 0 N–H and O–H groups in total. The van der Waals surface area contributed by atoms with Gasteiger partial charge in [-0.05, 0) is 23.8 Å². The third-order valence-electron chi connectivity index (χ3n) is 2.68. The summed E-state index contributed by atoms with van der Waals surface area (Å²) in [5, 5.41) is 11.3. The van der Waals surface area contributed by atoms with Gasteiger partial charge in [0.05, 0.1) is 17.1 Å². The van der Waals surface area contributed by atoms with Gasteiger partial charge in [-0.2, -0.15) is 0 Å². The number of methoxy groups -OCH3 is 1. The van der Waals surface area contributed by atoms with Gasteiger partial charge in [-0.15, -0.1) is 11.8 Å². The molecule has 0 saturated carbocycles. The molecule has 0 saturated heterocycles. The Morgan fingerprint density at radius 2 is 1.95 bits per heavy atom. The summed E-state index contributed by atoms with van der Waals surface area (Å²) >= 11 is 7.52. The van der Waals surface area contributed by atoms with E-state index in [0.29, 0.717) is 15.7 Å². The molecule has 0 fully saturated rings. The average Bonchev–Trinajstić information content (AvgIpc) is 2.46. The molecule has 0 unspecified atom stereocenters. The van der Waals surface area contributed by atoms with Gasteiger partial charge in [0.2, 0.25) is 0 Å². The standard InChI is InChI=1S/C14H12ClNO3S/c1-19-12-5-2-10(3-6-12)9-20-14-8-11(16(17)18)4-7-13(14)15/h2-8H,9H2,1H3. The first-order valence-electron chi connectivity index (χ1n) is 5.80. The quantitative estimate of drug-likeness (QED) is 0.462. The normalized spacial score (nSPS) is 10.3. The first-order chi connectivity index (χ1) is 9.60. The number of non-ortho nitro benzene ring substituents is 1. The zero-order chi connectivity index (χ0) is 14.5. The zero-order valence-corrected chi connectivity index (χ0v) is 12.3. The highest BCUT2D eigenvalue weighted by Crippen LogP contribution is 2.33. The Kier molecular flexibility index (Phi) is 4.87. The van der Waals surface area contributed by atoms with Crippen molar-refractivity contribution in [1.82, 2.24) is 0 Å². The van der Waals surface area contributed by atoms with Crippen LogP contribution in [-0.2, 0) is 5.75 Å². The summed E-state index contributed by atoms with van der Waals surface area (Å²) in [5.74, 6) is 1.48. The Hall–Kier alpha value is -1.72. The van der Waals surface area contributed by atoms with Crippen LogP contribution in [0.3, 0.4) is 0 Å². The van der Waals surface area contributed by atoms with Crippen molar-refractivity contribution in [2.45, 2.75) is 10.6 Å². The van der Waals surface area contributed by atoms with E-state index in [2.05, 4.69) is 0 Å². The average molecular weight is 310 g/mol. The van der Waals surface area contributed by atoms with Gasteiger partial charge in [0.15, 0.2) is 0 Å². The lowest BCUT2D eigenvalue weighted by Crippen LogP contribution is -1.89. The van der Waals surface area contributed by atoms with Crippen LogP contribution >= 0.6 is 23.4 Å². The molecule has 2 rings (SSSR count). The third-order valence-corrected chi connectivity index (χ3v) is 4.25. The molecule has 0 spiro atoms. The second-order valence-electron chi connectivity index (χ2n) is 4.01. The summed E-state index contributed by atoms with van der Waals surface area (Å²) < 4.78 is 5.09. The highest BCUT2D eigenvalue weighted by Gasteiger charge is 2.10. The van der Waals surface area contributed by atoms with E-state index in [-0.39, 0.29) is 5.69 Å². The van der Waals surface area contributed by atoms with E-state index in [1.807, 2.05) is 24.3 Å². The maximum absolute atomic E-state index is 10.7. The van der Waals surface area contributed by atoms with Crippen LogP contribution in [0, 0.1) is 10.1 Å². The minimum atomic E-state index is -0.423. The van der Waals surface area contributed by atoms with Gasteiger partial charge >= 0.3 is 0 Å². The molecule has 0 aliphatic carbocycles. The first-order valence-corrected chi connectivity index (χ1v) is 7.16. The van der Waals surface area contributed by atoms with Gasteiger partial charge in [-0.25, -0.2) is 0 Å². The van der Waals surface area contributed by atoms with Crippen LogP contribution in [0.5, 0.6) is 5.75 Å². The lowest BCUT2D eigenvalue weighted by atomic mass is 10.2. The predicted octanol–water partition coefficient (Wildman–Crippen LogP) is 4.55. The molecule has 104 valence electrons. The first kappa shape index (κ1) is 14.7. The number of halogens is 1. The van der Waals surface area contributed by atoms with Crippen molar-refractivity contribution in [1.29, 1.82) is 0 Å². The van der Waals surface area contributed by atoms with Gasteiger partial charge in [0, 0.05) is 22.8 Å². The molecule has 4 nitrogen and oxygen atoms in total. The molecule has 0 atom stereocenters. The molecule has 20 heavy (non-hydrogen) atoms. The second kappa shape index (κ2) is 6.63. The lowest BCUT2D eigenvalue weighted by Gasteiger charge is -2.05. The molecule has 0 heterocycles. The van der Waals surface area contributed by atoms with Gasteiger partial charge in [0.25, 0.3) is 5.69 Å². The molecule has 0 aliphatic rings. The highest BCUT2D eigenvalue weighted by molar-refractivity contribution is 7.98. The van der Waals surface area contributed by atoms with E-state index in [4.69, 9.17) is 16.3 Å². The number of hydrogen-bond donors (Lipinski definition) is 0. The second-order valence-corrected chi connectivity index (χ2v) is 5.43. The lowest BCUT2D eigenvalue weighted by molar-refractivity contribution is -0.385. The van der Waals surface area contributed by atoms with Crippen molar-refractivity contribution >= 4 is 29.1 Å². The Morgan fingerprint density at radius 3 is 2.55 bits per heavy atom. The molecule has 6 heteroatoms. The van der Waals surface area contributed by atoms with E-state index in [0.717, 1.165) is 11.3 Å². The fourth-order valence-electron chi connectivity index (χ4n) is 1.60. The number of hydrogen-bond acceptors (Lipinski definition) is 4. The smallest absolute Gasteiger partial charge is 0.270 e. The van der Waals surface area contributed by atoms with Crippen LogP contribution in [-0.4, -0.2) is 12.0 Å². The Morgan fingerprint density at radius 1 is 1.25 bits per heavy atom. The molecule has 0 aromatic heterocycles. The Bertz CT molecular complexity index is 616. The number of nitro groups is 1. The largest absolute Gasteiger partial charge is 0.497 e. The van der Waals surface area contributed by atoms with Gasteiger partial charge < -0.3 is 4.74 Å². The van der Waals surface area contributed by atoms with Crippen LogP contribution in [0.2, 0.25) is 5.02 Å². The summed E-state index contributed by atoms with van der Waals surface area (Å²) in [4.78, 5) is 11.0. The Labute approximate surface area is 125 Å². The van der Waals surface area contributed by atoms with Crippen molar-refractivity contribution in [3.05, 3.63) is 63.2 Å². The molecule has 0 amide bonds. The van der Waals surface area contributed by atoms with Crippen LogP contribution in [0.1, 0.15) is 5.56 Å². The molecular weight excluding hydrogens is 298 g/mol. The van der Waals surface area contributed by atoms with Crippen molar-refractivity contribution in [3.8, 4) is 5.75 Å². The number of rotatable bonds is 5.